The van der Waals surface area contributed by atoms with E-state index < -0.39 is 0 Å². The average Bonchev–Trinajstić information content (AvgIpc) is 2.94. The summed E-state index contributed by atoms with van der Waals surface area (Å²) in [5, 5.41) is 0. The molecule has 0 atom stereocenters. The molecule has 0 aliphatic carbocycles. The molecule has 0 unspecified atom stereocenters. The third-order valence-electron chi connectivity index (χ3n) is 5.35. The molecule has 136 valence electrons. The van der Waals surface area contributed by atoms with Crippen molar-refractivity contribution in [3.05, 3.63) is 58.9 Å². The quantitative estimate of drug-likeness (QED) is 0.648. The minimum absolute atomic E-state index is 0.857. The first-order valence-corrected chi connectivity index (χ1v) is 9.80. The molecule has 1 saturated heterocycles. The molecule has 4 rings (SSSR count). The molecule has 1 aliphatic rings. The van der Waals surface area contributed by atoms with Crippen molar-refractivity contribution in [2.45, 2.75) is 20.5 Å². The Labute approximate surface area is 160 Å². The largest absolute Gasteiger partial charge is 0.303 e. The number of benzene rings is 2. The van der Waals surface area contributed by atoms with Crippen LogP contribution in [0.5, 0.6) is 0 Å². The number of fused-ring (bicyclic) bond motifs is 1. The van der Waals surface area contributed by atoms with E-state index in [-0.39, 0.29) is 0 Å². The molecule has 4 nitrogen and oxygen atoms in total. The van der Waals surface area contributed by atoms with Gasteiger partial charge in [0.1, 0.15) is 0 Å². The summed E-state index contributed by atoms with van der Waals surface area (Å²) in [6, 6.07) is 17.1. The second kappa shape index (κ2) is 7.35. The molecule has 0 amide bonds. The number of aromatic nitrogens is 2. The summed E-state index contributed by atoms with van der Waals surface area (Å²) < 4.78 is 5.36. The smallest absolute Gasteiger partial charge is 0.186 e. The Morgan fingerprint density at radius 2 is 1.58 bits per heavy atom. The second-order valence-electron chi connectivity index (χ2n) is 7.07. The first kappa shape index (κ1) is 17.5. The van der Waals surface area contributed by atoms with Gasteiger partial charge in [-0.1, -0.05) is 31.2 Å². The van der Waals surface area contributed by atoms with Crippen LogP contribution in [0.25, 0.3) is 16.7 Å². The first-order valence-electron chi connectivity index (χ1n) is 9.39. The van der Waals surface area contributed by atoms with Crippen LogP contribution in [0.1, 0.15) is 12.5 Å². The molecule has 5 heteroatoms. The van der Waals surface area contributed by atoms with Gasteiger partial charge in [0.25, 0.3) is 0 Å². The van der Waals surface area contributed by atoms with E-state index in [0.717, 1.165) is 49.9 Å². The molecule has 0 bridgehead atoms. The van der Waals surface area contributed by atoms with E-state index in [1.54, 1.807) is 0 Å². The highest BCUT2D eigenvalue weighted by Gasteiger charge is 2.18. The highest BCUT2D eigenvalue weighted by atomic mass is 32.1. The Hall–Kier alpha value is -1.95. The van der Waals surface area contributed by atoms with Gasteiger partial charge in [0, 0.05) is 31.9 Å². The van der Waals surface area contributed by atoms with Crippen molar-refractivity contribution in [3.8, 4) is 5.69 Å². The van der Waals surface area contributed by atoms with E-state index in [4.69, 9.17) is 12.2 Å². The Morgan fingerprint density at radius 3 is 2.27 bits per heavy atom. The molecule has 2 aromatic carbocycles. The van der Waals surface area contributed by atoms with Crippen LogP contribution >= 0.6 is 12.2 Å². The van der Waals surface area contributed by atoms with Gasteiger partial charge in [-0.25, -0.2) is 0 Å². The third-order valence-corrected chi connectivity index (χ3v) is 5.75. The zero-order valence-corrected chi connectivity index (χ0v) is 16.4. The van der Waals surface area contributed by atoms with Gasteiger partial charge in [0.2, 0.25) is 0 Å². The summed E-state index contributed by atoms with van der Waals surface area (Å²) in [6.07, 6.45) is 0. The minimum Gasteiger partial charge on any atom is -0.303 e. The number of rotatable bonds is 4. The predicted octanol–water partition coefficient (Wildman–Crippen LogP) is 4.06. The number of nitrogens with zero attached hydrogens (tertiary/aromatic N) is 4. The van der Waals surface area contributed by atoms with Crippen LogP contribution in [-0.4, -0.2) is 51.7 Å². The zero-order chi connectivity index (χ0) is 18.1. The van der Waals surface area contributed by atoms with Crippen LogP contribution in [0.15, 0.2) is 48.5 Å². The lowest BCUT2D eigenvalue weighted by Crippen LogP contribution is -2.46. The fourth-order valence-electron chi connectivity index (χ4n) is 3.81. The summed E-state index contributed by atoms with van der Waals surface area (Å²) >= 11 is 5.92. The Kier molecular flexibility index (Phi) is 4.94. The van der Waals surface area contributed by atoms with Crippen LogP contribution in [0.3, 0.4) is 0 Å². The summed E-state index contributed by atoms with van der Waals surface area (Å²) in [5.41, 5.74) is 4.77. The number of hydrogen-bond donors (Lipinski definition) is 0. The second-order valence-corrected chi connectivity index (χ2v) is 7.43. The molecule has 0 spiro atoms. The average molecular weight is 367 g/mol. The Balaban J connectivity index is 1.74. The maximum Gasteiger partial charge on any atom is 0.186 e. The van der Waals surface area contributed by atoms with Gasteiger partial charge >= 0.3 is 0 Å². The van der Waals surface area contributed by atoms with Crippen molar-refractivity contribution >= 4 is 23.3 Å². The number of para-hydroxylation sites is 2. The lowest BCUT2D eigenvalue weighted by molar-refractivity contribution is 0.112. The van der Waals surface area contributed by atoms with Crippen LogP contribution < -0.4 is 0 Å². The number of likely N-dealkylation sites (N-methyl/N-ethyl adjacent to an activating group) is 1. The fourth-order valence-corrected chi connectivity index (χ4v) is 4.17. The predicted molar refractivity (Wildman–Crippen MR) is 111 cm³/mol. The maximum absolute atomic E-state index is 5.92. The van der Waals surface area contributed by atoms with Gasteiger partial charge in [-0.05, 0) is 55.5 Å². The maximum atomic E-state index is 5.92. The molecule has 1 aliphatic heterocycles. The Morgan fingerprint density at radius 1 is 0.885 bits per heavy atom. The molecule has 1 fully saturated rings. The van der Waals surface area contributed by atoms with Gasteiger partial charge < -0.3 is 9.47 Å². The van der Waals surface area contributed by atoms with Crippen molar-refractivity contribution in [1.29, 1.82) is 0 Å². The van der Waals surface area contributed by atoms with E-state index in [9.17, 15) is 0 Å². The van der Waals surface area contributed by atoms with E-state index in [1.165, 1.54) is 16.6 Å². The highest BCUT2D eigenvalue weighted by Crippen LogP contribution is 2.23. The lowest BCUT2D eigenvalue weighted by Gasteiger charge is -2.34. The number of hydrogen-bond acceptors (Lipinski definition) is 3. The van der Waals surface area contributed by atoms with E-state index >= 15 is 0 Å². The van der Waals surface area contributed by atoms with Crippen molar-refractivity contribution in [3.63, 3.8) is 0 Å². The minimum atomic E-state index is 0.857. The highest BCUT2D eigenvalue weighted by molar-refractivity contribution is 7.71. The molecule has 0 radical (unpaired) electrons. The topological polar surface area (TPSA) is 16.3 Å². The molecule has 26 heavy (non-hydrogen) atoms. The first-order chi connectivity index (χ1) is 12.7. The molecule has 1 aromatic heterocycles. The standard InChI is InChI=1S/C21H26N4S/c1-3-22-11-13-23(14-12-22)16-24-19-9-4-5-10-20(19)25(21(24)26)18-8-6-7-17(2)15-18/h4-10,15H,3,11-14,16H2,1-2H3. The van der Waals surface area contributed by atoms with Crippen molar-refractivity contribution in [1.82, 2.24) is 18.9 Å². The summed E-state index contributed by atoms with van der Waals surface area (Å²) in [6.45, 7) is 10.8. The third kappa shape index (κ3) is 3.22. The summed E-state index contributed by atoms with van der Waals surface area (Å²) in [4.78, 5) is 5.01. The van der Waals surface area contributed by atoms with Crippen LogP contribution in [0, 0.1) is 11.7 Å². The van der Waals surface area contributed by atoms with Gasteiger partial charge in [0.15, 0.2) is 4.77 Å². The molecular formula is C21H26N4S. The van der Waals surface area contributed by atoms with Gasteiger partial charge in [-0.15, -0.1) is 0 Å². The normalized spacial score (nSPS) is 16.4. The fraction of sp³-hybridized carbons (Fsp3) is 0.381. The van der Waals surface area contributed by atoms with E-state index in [0.29, 0.717) is 0 Å². The van der Waals surface area contributed by atoms with Crippen molar-refractivity contribution in [2.24, 2.45) is 0 Å². The van der Waals surface area contributed by atoms with Crippen molar-refractivity contribution < 1.29 is 0 Å². The van der Waals surface area contributed by atoms with Crippen LogP contribution in [0.4, 0.5) is 0 Å². The van der Waals surface area contributed by atoms with Gasteiger partial charge in [0.05, 0.1) is 17.7 Å². The Bertz CT molecular complexity index is 964. The van der Waals surface area contributed by atoms with Gasteiger partial charge in [-0.3, -0.25) is 9.47 Å². The van der Waals surface area contributed by atoms with Crippen LogP contribution in [-0.2, 0) is 6.67 Å². The summed E-state index contributed by atoms with van der Waals surface area (Å²) in [7, 11) is 0. The molecule has 0 saturated carbocycles. The molecular weight excluding hydrogens is 340 g/mol. The number of piperazine rings is 1. The lowest BCUT2D eigenvalue weighted by atomic mass is 10.2. The monoisotopic (exact) mass is 366 g/mol. The van der Waals surface area contributed by atoms with E-state index in [1.807, 2.05) is 0 Å². The number of aryl methyl sites for hydroxylation is 1. The molecule has 3 aromatic rings. The summed E-state index contributed by atoms with van der Waals surface area (Å²) in [5.74, 6) is 0. The SMILES string of the molecule is CCN1CCN(Cn2c(=S)n(-c3cccc(C)c3)c3ccccc32)CC1. The number of imidazole rings is 1. The molecule has 2 heterocycles. The van der Waals surface area contributed by atoms with Crippen molar-refractivity contribution in [2.75, 3.05) is 32.7 Å². The zero-order valence-electron chi connectivity index (χ0n) is 15.6. The molecule has 0 N–H and O–H groups in total. The van der Waals surface area contributed by atoms with Gasteiger partial charge in [-0.2, -0.15) is 0 Å². The van der Waals surface area contributed by atoms with E-state index in [2.05, 4.69) is 81.3 Å². The van der Waals surface area contributed by atoms with Crippen LogP contribution in [0.2, 0.25) is 0 Å².